The number of carbonyl (C=O) groups is 1. The van der Waals surface area contributed by atoms with Gasteiger partial charge in [0.1, 0.15) is 12.1 Å². The normalized spacial score (nSPS) is 24.4. The quantitative estimate of drug-likeness (QED) is 0.689. The van der Waals surface area contributed by atoms with Gasteiger partial charge >= 0.3 is 0 Å². The van der Waals surface area contributed by atoms with E-state index in [2.05, 4.69) is 26.2 Å². The summed E-state index contributed by atoms with van der Waals surface area (Å²) < 4.78 is 13.6. The number of halogens is 2. The van der Waals surface area contributed by atoms with Gasteiger partial charge in [-0.15, -0.1) is 0 Å². The fraction of sp³-hybridized carbons (Fsp3) is 0.500. The molecule has 1 aliphatic rings. The number of hydrogen-bond acceptors (Lipinski definition) is 3. The van der Waals surface area contributed by atoms with Crippen molar-refractivity contribution < 1.29 is 9.18 Å². The summed E-state index contributed by atoms with van der Waals surface area (Å²) in [5.41, 5.74) is 0. The molecule has 5 heteroatoms. The van der Waals surface area contributed by atoms with E-state index in [1.54, 1.807) is 12.1 Å². The molecule has 1 saturated carbocycles. The van der Waals surface area contributed by atoms with Crippen LogP contribution < -0.4 is 5.32 Å². The molecule has 1 N–H and O–H groups in total. The maximum Gasteiger partial charge on any atom is 0.229 e. The van der Waals surface area contributed by atoms with Crippen molar-refractivity contribution in [2.24, 2.45) is 5.92 Å². The summed E-state index contributed by atoms with van der Waals surface area (Å²) in [6.07, 6.45) is 4.71. The first kappa shape index (κ1) is 12.5. The molecule has 0 radical (unpaired) electrons. The molecule has 1 aromatic rings. The van der Waals surface area contributed by atoms with E-state index in [1.165, 1.54) is 0 Å². The molecular formula is C12H14BrFN2O. The van der Waals surface area contributed by atoms with Crippen molar-refractivity contribution in [2.45, 2.75) is 31.7 Å². The topological polar surface area (TPSA) is 42.0 Å². The van der Waals surface area contributed by atoms with Gasteiger partial charge in [-0.2, -0.15) is 4.39 Å². The Morgan fingerprint density at radius 3 is 2.65 bits per heavy atom. The Hall–Kier alpha value is -0.970. The van der Waals surface area contributed by atoms with E-state index in [0.717, 1.165) is 32.0 Å². The van der Waals surface area contributed by atoms with Crippen LogP contribution in [-0.4, -0.2) is 17.3 Å². The molecule has 0 atom stereocenters. The van der Waals surface area contributed by atoms with Gasteiger partial charge in [0.25, 0.3) is 0 Å². The first-order chi connectivity index (χ1) is 8.19. The van der Waals surface area contributed by atoms with Crippen LogP contribution in [0.4, 0.5) is 10.2 Å². The van der Waals surface area contributed by atoms with Gasteiger partial charge in [0.05, 0.1) is 4.47 Å². The molecule has 3 nitrogen and oxygen atoms in total. The Balaban J connectivity index is 1.93. The van der Waals surface area contributed by atoms with Crippen LogP contribution in [0.25, 0.3) is 0 Å². The highest BCUT2D eigenvalue weighted by Gasteiger charge is 2.20. The number of nitrogens with zero attached hydrogens (tertiary/aromatic N) is 1. The number of aldehydes is 1. The first-order valence-corrected chi connectivity index (χ1v) is 6.52. The third-order valence-electron chi connectivity index (χ3n) is 3.12. The van der Waals surface area contributed by atoms with E-state index in [9.17, 15) is 9.18 Å². The summed E-state index contributed by atoms with van der Waals surface area (Å²) in [5, 5.41) is 3.21. The zero-order chi connectivity index (χ0) is 12.3. The van der Waals surface area contributed by atoms with Crippen LogP contribution >= 0.6 is 15.9 Å². The summed E-state index contributed by atoms with van der Waals surface area (Å²) in [6, 6.07) is 3.68. The van der Waals surface area contributed by atoms with Gasteiger partial charge in [0.2, 0.25) is 5.95 Å². The van der Waals surface area contributed by atoms with Crippen LogP contribution in [0.3, 0.4) is 0 Å². The molecule has 0 bridgehead atoms. The zero-order valence-electron chi connectivity index (χ0n) is 9.33. The number of nitrogens with one attached hydrogen (secondary N) is 1. The lowest BCUT2D eigenvalue weighted by molar-refractivity contribution is -0.111. The summed E-state index contributed by atoms with van der Waals surface area (Å²) in [6.45, 7) is 0. The Kier molecular flexibility index (Phi) is 4.10. The second-order valence-electron chi connectivity index (χ2n) is 4.36. The van der Waals surface area contributed by atoms with Crippen LogP contribution in [0.1, 0.15) is 25.7 Å². The molecule has 0 unspecified atom stereocenters. The minimum absolute atomic E-state index is 0.197. The average Bonchev–Trinajstić information content (AvgIpc) is 2.35. The number of anilines is 1. The number of pyridine rings is 1. The molecule has 0 aromatic carbocycles. The molecule has 2 rings (SSSR count). The predicted molar refractivity (Wildman–Crippen MR) is 67.3 cm³/mol. The third kappa shape index (κ3) is 3.25. The maximum absolute atomic E-state index is 13.2. The van der Waals surface area contributed by atoms with E-state index in [0.29, 0.717) is 16.3 Å². The van der Waals surface area contributed by atoms with Crippen molar-refractivity contribution in [2.75, 3.05) is 5.32 Å². The third-order valence-corrected chi connectivity index (χ3v) is 3.71. The number of carbonyl (C=O) groups excluding carboxylic acids is 1. The molecule has 92 valence electrons. The highest BCUT2D eigenvalue weighted by atomic mass is 79.9. The van der Waals surface area contributed by atoms with Crippen molar-refractivity contribution >= 4 is 28.0 Å². The largest absolute Gasteiger partial charge is 0.367 e. The monoisotopic (exact) mass is 300 g/mol. The standard InChI is InChI=1S/C12H14BrFN2O/c13-10-5-6-11(16-12(10)14)15-9-3-1-8(7-17)2-4-9/h5-9H,1-4H2,(H,15,16). The van der Waals surface area contributed by atoms with E-state index in [-0.39, 0.29) is 5.92 Å². The van der Waals surface area contributed by atoms with Crippen LogP contribution in [0.15, 0.2) is 16.6 Å². The lowest BCUT2D eigenvalue weighted by atomic mass is 9.87. The maximum atomic E-state index is 13.2. The van der Waals surface area contributed by atoms with Gasteiger partial charge in [-0.3, -0.25) is 0 Å². The highest BCUT2D eigenvalue weighted by molar-refractivity contribution is 9.10. The van der Waals surface area contributed by atoms with E-state index < -0.39 is 5.95 Å². The average molecular weight is 301 g/mol. The van der Waals surface area contributed by atoms with E-state index in [1.807, 2.05) is 0 Å². The van der Waals surface area contributed by atoms with Crippen molar-refractivity contribution in [1.82, 2.24) is 4.98 Å². The zero-order valence-corrected chi connectivity index (χ0v) is 10.9. The number of aromatic nitrogens is 1. The molecule has 17 heavy (non-hydrogen) atoms. The minimum atomic E-state index is -0.503. The Bertz CT molecular complexity index is 405. The first-order valence-electron chi connectivity index (χ1n) is 5.73. The fourth-order valence-electron chi connectivity index (χ4n) is 2.11. The fourth-order valence-corrected chi connectivity index (χ4v) is 2.33. The van der Waals surface area contributed by atoms with Crippen molar-refractivity contribution in [3.63, 3.8) is 0 Å². The van der Waals surface area contributed by atoms with Gasteiger partial charge in [0.15, 0.2) is 0 Å². The lowest BCUT2D eigenvalue weighted by Crippen LogP contribution is -2.27. The van der Waals surface area contributed by atoms with Crippen molar-refractivity contribution in [3.8, 4) is 0 Å². The molecule has 1 fully saturated rings. The highest BCUT2D eigenvalue weighted by Crippen LogP contribution is 2.25. The second-order valence-corrected chi connectivity index (χ2v) is 5.22. The minimum Gasteiger partial charge on any atom is -0.367 e. The van der Waals surface area contributed by atoms with E-state index >= 15 is 0 Å². The van der Waals surface area contributed by atoms with Crippen LogP contribution in [0.5, 0.6) is 0 Å². The molecule has 1 heterocycles. The van der Waals surface area contributed by atoms with Gasteiger partial charge < -0.3 is 10.1 Å². The predicted octanol–water partition coefficient (Wildman–Crippen LogP) is 3.15. The molecule has 0 spiro atoms. The summed E-state index contributed by atoms with van der Waals surface area (Å²) in [4.78, 5) is 14.4. The second kappa shape index (κ2) is 5.58. The number of rotatable bonds is 3. The van der Waals surface area contributed by atoms with Crippen molar-refractivity contribution in [3.05, 3.63) is 22.6 Å². The van der Waals surface area contributed by atoms with Gasteiger partial charge in [-0.1, -0.05) is 0 Å². The molecule has 0 aliphatic heterocycles. The number of hydrogen-bond donors (Lipinski definition) is 1. The molecule has 1 aliphatic carbocycles. The van der Waals surface area contributed by atoms with Crippen LogP contribution in [0.2, 0.25) is 0 Å². The van der Waals surface area contributed by atoms with E-state index in [4.69, 9.17) is 0 Å². The summed E-state index contributed by atoms with van der Waals surface area (Å²) >= 11 is 3.07. The van der Waals surface area contributed by atoms with Gasteiger partial charge in [0, 0.05) is 12.0 Å². The Labute approximate surface area is 108 Å². The molecule has 1 aromatic heterocycles. The van der Waals surface area contributed by atoms with Crippen LogP contribution in [-0.2, 0) is 4.79 Å². The lowest BCUT2D eigenvalue weighted by Gasteiger charge is -2.26. The summed E-state index contributed by atoms with van der Waals surface area (Å²) in [5.74, 6) is 0.250. The van der Waals surface area contributed by atoms with Gasteiger partial charge in [-0.25, -0.2) is 4.98 Å². The molecule has 0 amide bonds. The summed E-state index contributed by atoms with van der Waals surface area (Å²) in [7, 11) is 0. The van der Waals surface area contributed by atoms with Gasteiger partial charge in [-0.05, 0) is 53.7 Å². The SMILES string of the molecule is O=CC1CCC(Nc2ccc(Br)c(F)n2)CC1. The molecular weight excluding hydrogens is 287 g/mol. The Morgan fingerprint density at radius 1 is 1.35 bits per heavy atom. The van der Waals surface area contributed by atoms with Crippen molar-refractivity contribution in [1.29, 1.82) is 0 Å². The van der Waals surface area contributed by atoms with Crippen LogP contribution in [0, 0.1) is 11.9 Å². The Morgan fingerprint density at radius 2 is 2.06 bits per heavy atom. The smallest absolute Gasteiger partial charge is 0.229 e. The molecule has 0 saturated heterocycles.